The Morgan fingerprint density at radius 1 is 1.46 bits per heavy atom. The van der Waals surface area contributed by atoms with Gasteiger partial charge in [-0.1, -0.05) is 24.3 Å². The molecule has 1 aromatic heterocycles. The van der Waals surface area contributed by atoms with E-state index in [1.807, 2.05) is 24.3 Å². The van der Waals surface area contributed by atoms with E-state index in [0.29, 0.717) is 22.5 Å². The van der Waals surface area contributed by atoms with Crippen molar-refractivity contribution >= 4 is 17.6 Å². The van der Waals surface area contributed by atoms with E-state index in [2.05, 4.69) is 16.8 Å². The van der Waals surface area contributed by atoms with Crippen LogP contribution < -0.4 is 15.4 Å². The van der Waals surface area contributed by atoms with Crippen molar-refractivity contribution in [2.24, 2.45) is 5.73 Å². The summed E-state index contributed by atoms with van der Waals surface area (Å²) in [6.45, 7) is 7.62. The number of nitrogens with one attached hydrogen (secondary N) is 1. The summed E-state index contributed by atoms with van der Waals surface area (Å²) in [5.74, 6) is -1.05. The summed E-state index contributed by atoms with van der Waals surface area (Å²) >= 11 is 0. The summed E-state index contributed by atoms with van der Waals surface area (Å²) in [5.41, 5.74) is 6.98. The normalized spacial score (nSPS) is 20.1. The minimum Gasteiger partial charge on any atom is -0.462 e. The molecule has 2 aliphatic rings. The maximum absolute atomic E-state index is 13.9. The number of rotatable bonds is 4. The predicted octanol–water partition coefficient (Wildman–Crippen LogP) is 1.66. The van der Waals surface area contributed by atoms with E-state index in [1.165, 1.54) is 0 Å². The van der Waals surface area contributed by atoms with Crippen LogP contribution in [0.15, 0.2) is 48.4 Å². The SMILES string of the molecule is C=CCN1C(=O)[C@@]2(C(C(=O)OCC)=C(N)Oc3n[nH]c(C)c32)c2ccccc21. The highest BCUT2D eigenvalue weighted by atomic mass is 16.5. The first-order chi connectivity index (χ1) is 13.5. The van der Waals surface area contributed by atoms with E-state index in [0.717, 1.165) is 0 Å². The zero-order valence-corrected chi connectivity index (χ0v) is 15.6. The van der Waals surface area contributed by atoms with Crippen LogP contribution in [0.4, 0.5) is 5.69 Å². The number of fused-ring (bicyclic) bond motifs is 4. The van der Waals surface area contributed by atoms with Crippen molar-refractivity contribution in [2.45, 2.75) is 19.3 Å². The number of ether oxygens (including phenoxy) is 2. The summed E-state index contributed by atoms with van der Waals surface area (Å²) in [6.07, 6.45) is 1.63. The third-order valence-corrected chi connectivity index (χ3v) is 5.07. The second kappa shape index (κ2) is 6.26. The van der Waals surface area contributed by atoms with Crippen molar-refractivity contribution < 1.29 is 19.1 Å². The summed E-state index contributed by atoms with van der Waals surface area (Å²) in [4.78, 5) is 28.4. The summed E-state index contributed by atoms with van der Waals surface area (Å²) in [5, 5.41) is 6.98. The first kappa shape index (κ1) is 17.8. The van der Waals surface area contributed by atoms with E-state index in [-0.39, 0.29) is 36.4 Å². The number of nitrogens with zero attached hydrogens (tertiary/aromatic N) is 2. The summed E-state index contributed by atoms with van der Waals surface area (Å²) in [6, 6.07) is 7.29. The molecule has 0 unspecified atom stereocenters. The van der Waals surface area contributed by atoms with E-state index in [9.17, 15) is 9.59 Å². The number of nitrogens with two attached hydrogens (primary N) is 1. The molecule has 1 atom stereocenters. The van der Waals surface area contributed by atoms with Gasteiger partial charge in [-0.3, -0.25) is 9.89 Å². The Kier molecular flexibility index (Phi) is 3.99. The maximum Gasteiger partial charge on any atom is 0.341 e. The third-order valence-electron chi connectivity index (χ3n) is 5.07. The van der Waals surface area contributed by atoms with E-state index in [1.54, 1.807) is 24.8 Å². The lowest BCUT2D eigenvalue weighted by molar-refractivity contribution is -0.140. The maximum atomic E-state index is 13.9. The molecule has 1 spiro atoms. The molecule has 8 heteroatoms. The quantitative estimate of drug-likeness (QED) is 0.617. The standard InChI is InChI=1S/C20H20N4O4/c1-4-10-24-13-9-7-6-8-12(13)20(19(24)26)14-11(3)22-23-17(14)28-16(21)15(20)18(25)27-5-2/h4,6-9H,1,5,10,21H2,2-3H3,(H,22,23)/t20-/m0/s1. The molecule has 2 aromatic rings. The van der Waals surface area contributed by atoms with Crippen LogP contribution in [0.25, 0.3) is 0 Å². The third kappa shape index (κ3) is 2.08. The second-order valence-electron chi connectivity index (χ2n) is 6.56. The smallest absolute Gasteiger partial charge is 0.341 e. The van der Waals surface area contributed by atoms with Gasteiger partial charge in [-0.15, -0.1) is 11.7 Å². The zero-order chi connectivity index (χ0) is 20.1. The number of hydrogen-bond donors (Lipinski definition) is 2. The Bertz CT molecular complexity index is 1040. The van der Waals surface area contributed by atoms with Crippen LogP contribution in [-0.4, -0.2) is 35.2 Å². The average molecular weight is 380 g/mol. The zero-order valence-electron chi connectivity index (χ0n) is 15.6. The van der Waals surface area contributed by atoms with Crippen molar-refractivity contribution in [3.05, 3.63) is 65.2 Å². The van der Waals surface area contributed by atoms with Gasteiger partial charge in [0.2, 0.25) is 17.7 Å². The number of aromatic nitrogens is 2. The summed E-state index contributed by atoms with van der Waals surface area (Å²) < 4.78 is 10.9. The topological polar surface area (TPSA) is 111 Å². The number of carbonyl (C=O) groups excluding carboxylic acids is 2. The van der Waals surface area contributed by atoms with Crippen molar-refractivity contribution in [3.8, 4) is 5.88 Å². The van der Waals surface area contributed by atoms with Crippen LogP contribution in [0.3, 0.4) is 0 Å². The number of aryl methyl sites for hydroxylation is 1. The lowest BCUT2D eigenvalue weighted by Crippen LogP contribution is -2.48. The molecule has 8 nitrogen and oxygen atoms in total. The molecular formula is C20H20N4O4. The minimum absolute atomic E-state index is 0.0321. The predicted molar refractivity (Wildman–Crippen MR) is 102 cm³/mol. The number of hydrogen-bond acceptors (Lipinski definition) is 6. The van der Waals surface area contributed by atoms with Gasteiger partial charge < -0.3 is 20.1 Å². The van der Waals surface area contributed by atoms with Crippen LogP contribution in [-0.2, 0) is 19.7 Å². The molecule has 0 aliphatic carbocycles. The van der Waals surface area contributed by atoms with Crippen LogP contribution in [0, 0.1) is 6.92 Å². The molecule has 2 aliphatic heterocycles. The molecule has 0 radical (unpaired) electrons. The molecule has 28 heavy (non-hydrogen) atoms. The van der Waals surface area contributed by atoms with Crippen molar-refractivity contribution in [1.82, 2.24) is 10.2 Å². The van der Waals surface area contributed by atoms with Gasteiger partial charge >= 0.3 is 5.97 Å². The number of benzene rings is 1. The summed E-state index contributed by atoms with van der Waals surface area (Å²) in [7, 11) is 0. The van der Waals surface area contributed by atoms with E-state index < -0.39 is 11.4 Å². The monoisotopic (exact) mass is 380 g/mol. The largest absolute Gasteiger partial charge is 0.462 e. The Morgan fingerprint density at radius 3 is 2.93 bits per heavy atom. The molecule has 1 amide bonds. The molecule has 0 bridgehead atoms. The van der Waals surface area contributed by atoms with E-state index >= 15 is 0 Å². The number of aromatic amines is 1. The van der Waals surface area contributed by atoms with Crippen LogP contribution in [0.5, 0.6) is 5.88 Å². The fourth-order valence-electron chi connectivity index (χ4n) is 4.09. The Morgan fingerprint density at radius 2 is 2.21 bits per heavy atom. The average Bonchev–Trinajstić information content (AvgIpc) is 3.15. The second-order valence-corrected chi connectivity index (χ2v) is 6.56. The molecular weight excluding hydrogens is 360 g/mol. The Hall–Kier alpha value is -3.55. The fourth-order valence-corrected chi connectivity index (χ4v) is 4.09. The molecule has 4 rings (SSSR count). The van der Waals surface area contributed by atoms with Gasteiger partial charge in [0.05, 0.1) is 12.2 Å². The highest BCUT2D eigenvalue weighted by Gasteiger charge is 2.62. The van der Waals surface area contributed by atoms with Gasteiger partial charge in [-0.05, 0) is 19.9 Å². The van der Waals surface area contributed by atoms with Crippen molar-refractivity contribution in [1.29, 1.82) is 0 Å². The van der Waals surface area contributed by atoms with Gasteiger partial charge in [0.25, 0.3) is 0 Å². The Labute approximate surface area is 161 Å². The molecule has 1 aromatic carbocycles. The number of anilines is 1. The number of amides is 1. The molecule has 0 fully saturated rings. The van der Waals surface area contributed by atoms with Crippen molar-refractivity contribution in [2.75, 3.05) is 18.1 Å². The highest BCUT2D eigenvalue weighted by molar-refractivity contribution is 6.18. The number of H-pyrrole nitrogens is 1. The lowest BCUT2D eigenvalue weighted by Gasteiger charge is -2.34. The van der Waals surface area contributed by atoms with Gasteiger partial charge in [-0.25, -0.2) is 4.79 Å². The first-order valence-electron chi connectivity index (χ1n) is 8.91. The van der Waals surface area contributed by atoms with Gasteiger partial charge in [0, 0.05) is 23.5 Å². The molecule has 0 saturated carbocycles. The van der Waals surface area contributed by atoms with Crippen molar-refractivity contribution in [3.63, 3.8) is 0 Å². The lowest BCUT2D eigenvalue weighted by atomic mass is 9.68. The fraction of sp³-hybridized carbons (Fsp3) is 0.250. The van der Waals surface area contributed by atoms with Gasteiger partial charge in [0.1, 0.15) is 11.0 Å². The molecule has 144 valence electrons. The molecule has 3 N–H and O–H groups in total. The number of esters is 1. The number of para-hydroxylation sites is 1. The molecule has 3 heterocycles. The Balaban J connectivity index is 2.11. The first-order valence-corrected chi connectivity index (χ1v) is 8.91. The van der Waals surface area contributed by atoms with Crippen LogP contribution in [0.2, 0.25) is 0 Å². The van der Waals surface area contributed by atoms with Gasteiger partial charge in [-0.2, -0.15) is 0 Å². The van der Waals surface area contributed by atoms with Crippen LogP contribution in [0.1, 0.15) is 23.7 Å². The minimum atomic E-state index is -1.50. The van der Waals surface area contributed by atoms with Gasteiger partial charge in [0.15, 0.2) is 0 Å². The molecule has 0 saturated heterocycles. The van der Waals surface area contributed by atoms with Crippen LogP contribution >= 0.6 is 0 Å². The highest BCUT2D eigenvalue weighted by Crippen LogP contribution is 2.55. The van der Waals surface area contributed by atoms with E-state index in [4.69, 9.17) is 15.2 Å². The number of carbonyl (C=O) groups is 2.